The molecule has 0 spiro atoms. The van der Waals surface area contributed by atoms with E-state index in [2.05, 4.69) is 74.1 Å². The second kappa shape index (κ2) is 14.3. The highest BCUT2D eigenvalue weighted by Gasteiger charge is 2.25. The second-order valence-corrected chi connectivity index (χ2v) is 13.4. The van der Waals surface area contributed by atoms with Gasteiger partial charge in [-0.2, -0.15) is 0 Å². The third-order valence-electron chi connectivity index (χ3n) is 10.0. The van der Waals surface area contributed by atoms with Crippen molar-refractivity contribution in [2.45, 2.75) is 112 Å². The maximum absolute atomic E-state index is 13.0. The van der Waals surface area contributed by atoms with Crippen LogP contribution in [0.2, 0.25) is 0 Å². The summed E-state index contributed by atoms with van der Waals surface area (Å²) in [4.78, 5) is 42.6. The number of amides is 2. The van der Waals surface area contributed by atoms with Gasteiger partial charge < -0.3 is 25.4 Å². The van der Waals surface area contributed by atoms with Crippen molar-refractivity contribution in [3.63, 3.8) is 0 Å². The molecular formula is C39H49N7O3. The maximum atomic E-state index is 13.0. The lowest BCUT2D eigenvalue weighted by molar-refractivity contribution is -0.135. The molecule has 5 aromatic rings. The summed E-state index contributed by atoms with van der Waals surface area (Å²) in [5, 5.41) is 1.99. The number of nitrogens with zero attached hydrogens (tertiary/aromatic N) is 5. The maximum Gasteiger partial charge on any atom is 0.223 e. The van der Waals surface area contributed by atoms with E-state index in [1.165, 1.54) is 0 Å². The summed E-state index contributed by atoms with van der Waals surface area (Å²) < 4.78 is 8.01. The third kappa shape index (κ3) is 6.60. The Balaban J connectivity index is 1.29. The van der Waals surface area contributed by atoms with Gasteiger partial charge in [-0.05, 0) is 85.9 Å². The van der Waals surface area contributed by atoms with Crippen LogP contribution >= 0.6 is 0 Å². The number of nitrogen functional groups attached to an aromatic ring is 1. The van der Waals surface area contributed by atoms with Crippen molar-refractivity contribution in [2.24, 2.45) is 0 Å². The summed E-state index contributed by atoms with van der Waals surface area (Å²) in [6, 6.07) is 15.0. The molecule has 0 fully saturated rings. The Bertz CT molecular complexity index is 1990. The number of nitrogens with one attached hydrogen (secondary N) is 1. The average Bonchev–Trinajstić information content (AvgIpc) is 3.71. The van der Waals surface area contributed by atoms with E-state index in [9.17, 15) is 9.59 Å². The molecule has 3 N–H and O–H groups in total. The van der Waals surface area contributed by atoms with Gasteiger partial charge in [0.25, 0.3) is 0 Å². The fraction of sp³-hybridized carbons (Fsp3) is 0.436. The monoisotopic (exact) mass is 663 g/mol. The Hall–Kier alpha value is -4.86. The molecule has 3 heterocycles. The van der Waals surface area contributed by atoms with Crippen molar-refractivity contribution in [1.29, 1.82) is 0 Å². The number of fused-ring (bicyclic) bond motifs is 6. The summed E-state index contributed by atoms with van der Waals surface area (Å²) in [6.07, 6.45) is 6.27. The molecular weight excluding hydrogens is 614 g/mol. The fourth-order valence-corrected chi connectivity index (χ4v) is 6.77. The number of H-pyrrole nitrogens is 1. The number of hydrogen-bond acceptors (Lipinski definition) is 6. The lowest BCUT2D eigenvalue weighted by Crippen LogP contribution is -2.38. The summed E-state index contributed by atoms with van der Waals surface area (Å²) in [7, 11) is 0. The Morgan fingerprint density at radius 1 is 0.918 bits per heavy atom. The molecule has 2 amide bonds. The highest BCUT2D eigenvalue weighted by Crippen LogP contribution is 2.42. The molecule has 0 aliphatic carbocycles. The summed E-state index contributed by atoms with van der Waals surface area (Å²) in [6.45, 7) is 13.7. The van der Waals surface area contributed by atoms with Crippen LogP contribution in [0.5, 0.6) is 5.75 Å². The lowest BCUT2D eigenvalue weighted by atomic mass is 9.92. The molecule has 1 aliphatic heterocycles. The molecule has 258 valence electrons. The van der Waals surface area contributed by atoms with Gasteiger partial charge in [-0.1, -0.05) is 45.9 Å². The number of aromatic nitrogens is 4. The number of carbonyl (C=O) groups excluding carboxylic acids is 2. The van der Waals surface area contributed by atoms with E-state index in [0.29, 0.717) is 38.4 Å². The predicted molar refractivity (Wildman–Crippen MR) is 195 cm³/mol. The SMILES string of the molecule is CCCC(=O)N(Cc1ncc(-c2ccc3c(c2)COc2cc4c(ccc5nc(CN(C(=O)CCC)[C@@H](C)CC)n(N)c54)cc2-3)[nH]1)[C@@H](C)CC. The smallest absolute Gasteiger partial charge is 0.223 e. The molecule has 0 radical (unpaired) electrons. The molecule has 3 aromatic carbocycles. The van der Waals surface area contributed by atoms with Crippen LogP contribution in [0.3, 0.4) is 0 Å². The molecule has 49 heavy (non-hydrogen) atoms. The van der Waals surface area contributed by atoms with Gasteiger partial charge in [0, 0.05) is 35.9 Å². The van der Waals surface area contributed by atoms with Crippen LogP contribution in [0.1, 0.15) is 97.3 Å². The lowest BCUT2D eigenvalue weighted by Gasteiger charge is -2.28. The van der Waals surface area contributed by atoms with E-state index in [1.54, 1.807) is 4.68 Å². The third-order valence-corrected chi connectivity index (χ3v) is 10.0. The molecule has 2 aromatic heterocycles. The summed E-state index contributed by atoms with van der Waals surface area (Å²) in [5.41, 5.74) is 6.79. The molecule has 10 heteroatoms. The zero-order valence-electron chi connectivity index (χ0n) is 29.7. The number of carbonyl (C=O) groups is 2. The number of imidazole rings is 2. The first kappa shape index (κ1) is 34.0. The van der Waals surface area contributed by atoms with Gasteiger partial charge in [0.2, 0.25) is 11.8 Å². The predicted octanol–water partition coefficient (Wildman–Crippen LogP) is 7.71. The van der Waals surface area contributed by atoms with E-state index >= 15 is 0 Å². The first-order valence-corrected chi connectivity index (χ1v) is 17.8. The zero-order chi connectivity index (χ0) is 34.8. The minimum Gasteiger partial charge on any atom is -0.488 e. The molecule has 0 saturated heterocycles. The first-order valence-electron chi connectivity index (χ1n) is 17.8. The molecule has 2 atom stereocenters. The van der Waals surface area contributed by atoms with Gasteiger partial charge in [-0.25, -0.2) is 14.6 Å². The molecule has 0 bridgehead atoms. The minimum absolute atomic E-state index is 0.0909. The van der Waals surface area contributed by atoms with Crippen LogP contribution in [0.25, 0.3) is 44.2 Å². The molecule has 10 nitrogen and oxygen atoms in total. The molecule has 0 saturated carbocycles. The van der Waals surface area contributed by atoms with Gasteiger partial charge in [0.15, 0.2) is 0 Å². The van der Waals surface area contributed by atoms with E-state index in [0.717, 1.165) is 87.0 Å². The highest BCUT2D eigenvalue weighted by molar-refractivity contribution is 6.07. The number of benzene rings is 3. The van der Waals surface area contributed by atoms with Crippen LogP contribution in [-0.4, -0.2) is 53.3 Å². The Morgan fingerprint density at radius 3 is 2.29 bits per heavy atom. The Kier molecular flexibility index (Phi) is 9.94. The molecule has 0 unspecified atom stereocenters. The molecule has 1 aliphatic rings. The van der Waals surface area contributed by atoms with Gasteiger partial charge in [-0.3, -0.25) is 9.59 Å². The fourth-order valence-electron chi connectivity index (χ4n) is 6.77. The second-order valence-electron chi connectivity index (χ2n) is 13.4. The largest absolute Gasteiger partial charge is 0.488 e. The number of ether oxygens (including phenoxy) is 1. The van der Waals surface area contributed by atoms with Crippen LogP contribution in [0.15, 0.2) is 48.7 Å². The van der Waals surface area contributed by atoms with Crippen molar-refractivity contribution in [3.05, 3.63) is 65.9 Å². The Morgan fingerprint density at radius 2 is 1.61 bits per heavy atom. The quantitative estimate of drug-likeness (QED) is 0.125. The summed E-state index contributed by atoms with van der Waals surface area (Å²) in [5.74, 6) is 9.24. The van der Waals surface area contributed by atoms with Crippen molar-refractivity contribution >= 4 is 33.6 Å². The number of rotatable bonds is 13. The number of hydrogen-bond donors (Lipinski definition) is 2. The molecule has 6 rings (SSSR count). The number of aromatic amines is 1. The number of nitrogens with two attached hydrogens (primary N) is 1. The topological polar surface area (TPSA) is 122 Å². The van der Waals surface area contributed by atoms with Crippen LogP contribution in [0, 0.1) is 0 Å². The van der Waals surface area contributed by atoms with Gasteiger partial charge >= 0.3 is 0 Å². The van der Waals surface area contributed by atoms with Crippen LogP contribution in [0.4, 0.5) is 0 Å². The Labute approximate surface area is 288 Å². The first-order chi connectivity index (χ1) is 23.7. The van der Waals surface area contributed by atoms with Crippen LogP contribution in [-0.2, 0) is 29.3 Å². The van der Waals surface area contributed by atoms with Crippen LogP contribution < -0.4 is 10.6 Å². The van der Waals surface area contributed by atoms with E-state index in [-0.39, 0.29) is 23.9 Å². The minimum atomic E-state index is 0.0909. The van der Waals surface area contributed by atoms with Crippen molar-refractivity contribution in [3.8, 4) is 28.1 Å². The summed E-state index contributed by atoms with van der Waals surface area (Å²) >= 11 is 0. The van der Waals surface area contributed by atoms with Gasteiger partial charge in [0.1, 0.15) is 24.0 Å². The van der Waals surface area contributed by atoms with E-state index < -0.39 is 0 Å². The average molecular weight is 664 g/mol. The van der Waals surface area contributed by atoms with Crippen molar-refractivity contribution < 1.29 is 14.3 Å². The van der Waals surface area contributed by atoms with Gasteiger partial charge in [0.05, 0.1) is 36.0 Å². The van der Waals surface area contributed by atoms with E-state index in [1.807, 2.05) is 35.9 Å². The van der Waals surface area contributed by atoms with Crippen molar-refractivity contribution in [1.82, 2.24) is 29.4 Å². The normalized spacial score (nSPS) is 13.5. The highest BCUT2D eigenvalue weighted by atomic mass is 16.5. The van der Waals surface area contributed by atoms with E-state index in [4.69, 9.17) is 15.6 Å². The zero-order valence-corrected chi connectivity index (χ0v) is 29.7. The van der Waals surface area contributed by atoms with Gasteiger partial charge in [-0.15, -0.1) is 0 Å². The van der Waals surface area contributed by atoms with Crippen molar-refractivity contribution in [2.75, 3.05) is 5.84 Å². The standard InChI is InChI=1S/C39H49N7O3/c1-7-11-37(47)44(24(5)9-3)21-35-41-20-33(42-35)27-13-15-29-28(17-27)23-49-34-19-30-26(18-31(29)34)14-16-32-39(30)46(40)36(43-32)22-45(25(6)10-4)38(48)12-8-2/h13-20,24-25H,7-12,21-23,40H2,1-6H3,(H,41,42)/t24-,25-/m0/s1.